The largest absolute Gasteiger partial charge is 0.383 e. The zero-order valence-corrected chi connectivity index (χ0v) is 14.3. The molecule has 1 aliphatic heterocycles. The molecular formula is C19H20N4O2. The normalized spacial score (nSPS) is 15.5. The molecule has 0 atom stereocenters. The number of Topliss-reactive ketones (excluding diaryl/α,β-unsaturated/α-hetero) is 1. The number of rotatable bonds is 4. The number of ketones is 1. The lowest BCUT2D eigenvalue weighted by molar-refractivity contribution is -0.113. The third kappa shape index (κ3) is 4.03. The van der Waals surface area contributed by atoms with E-state index in [2.05, 4.69) is 10.3 Å². The van der Waals surface area contributed by atoms with Crippen LogP contribution in [0, 0.1) is 0 Å². The van der Waals surface area contributed by atoms with E-state index in [0.717, 1.165) is 11.3 Å². The summed E-state index contributed by atoms with van der Waals surface area (Å²) in [5.74, 6) is -0.177. The molecule has 1 amide bonds. The van der Waals surface area contributed by atoms with Gasteiger partial charge in [-0.05, 0) is 24.3 Å². The van der Waals surface area contributed by atoms with Gasteiger partial charge in [-0.15, -0.1) is 0 Å². The van der Waals surface area contributed by atoms with Gasteiger partial charge in [0.2, 0.25) is 0 Å². The third-order valence-electron chi connectivity index (χ3n) is 3.84. The van der Waals surface area contributed by atoms with E-state index in [-0.39, 0.29) is 11.7 Å². The Morgan fingerprint density at radius 3 is 2.68 bits per heavy atom. The fraction of sp³-hybridized carbons (Fsp3) is 0.211. The molecular weight excluding hydrogens is 316 g/mol. The Morgan fingerprint density at radius 2 is 1.96 bits per heavy atom. The zero-order chi connectivity index (χ0) is 17.8. The van der Waals surface area contributed by atoms with Crippen molar-refractivity contribution in [1.29, 1.82) is 0 Å². The highest BCUT2D eigenvalue weighted by Gasteiger charge is 2.26. The lowest BCUT2D eigenvalue weighted by Gasteiger charge is -2.17. The highest BCUT2D eigenvalue weighted by molar-refractivity contribution is 6.04. The lowest BCUT2D eigenvalue weighted by atomic mass is 10.2. The van der Waals surface area contributed by atoms with Gasteiger partial charge in [0, 0.05) is 50.0 Å². The van der Waals surface area contributed by atoms with E-state index in [9.17, 15) is 9.59 Å². The second kappa shape index (κ2) is 7.17. The molecule has 0 aliphatic carbocycles. The van der Waals surface area contributed by atoms with E-state index < -0.39 is 0 Å². The molecule has 1 fully saturated rings. The van der Waals surface area contributed by atoms with Gasteiger partial charge in [0.15, 0.2) is 5.78 Å². The number of benzene rings is 1. The summed E-state index contributed by atoms with van der Waals surface area (Å²) < 4.78 is 0. The number of hydrogen-bond donors (Lipinski definition) is 1. The molecule has 1 aliphatic rings. The van der Waals surface area contributed by atoms with Gasteiger partial charge in [0.05, 0.1) is 6.54 Å². The molecule has 0 saturated carbocycles. The summed E-state index contributed by atoms with van der Waals surface area (Å²) in [5.41, 5.74) is 2.60. The summed E-state index contributed by atoms with van der Waals surface area (Å²) in [6, 6.07) is 12.8. The maximum absolute atomic E-state index is 12.4. The molecule has 0 bridgehead atoms. The van der Waals surface area contributed by atoms with Crippen molar-refractivity contribution in [2.24, 2.45) is 0 Å². The number of hydrogen-bond acceptors (Lipinski definition) is 5. The topological polar surface area (TPSA) is 65.5 Å². The van der Waals surface area contributed by atoms with Crippen molar-refractivity contribution in [3.8, 4) is 0 Å². The fourth-order valence-corrected chi connectivity index (χ4v) is 2.69. The second-order valence-electron chi connectivity index (χ2n) is 6.12. The van der Waals surface area contributed by atoms with Gasteiger partial charge in [-0.25, -0.2) is 0 Å². The standard InChI is InChI=1S/C19H20N4O2/c1-22(2)11-14-12-23(13-18(14)24)16-8-9-20-17(10-16)19(25)21-15-6-4-3-5-7-15/h3-11H,12-13H2,1-2H3,(H,21,25)/b14-11-. The summed E-state index contributed by atoms with van der Waals surface area (Å²) in [6.45, 7) is 0.838. The summed E-state index contributed by atoms with van der Waals surface area (Å²) >= 11 is 0. The van der Waals surface area contributed by atoms with Gasteiger partial charge < -0.3 is 15.1 Å². The minimum absolute atomic E-state index is 0.0980. The van der Waals surface area contributed by atoms with Crippen LogP contribution in [0.5, 0.6) is 0 Å². The van der Waals surface area contributed by atoms with E-state index in [1.807, 2.05) is 66.5 Å². The van der Waals surface area contributed by atoms with Crippen molar-refractivity contribution < 1.29 is 9.59 Å². The number of anilines is 2. The van der Waals surface area contributed by atoms with Crippen LogP contribution in [0.25, 0.3) is 0 Å². The molecule has 1 aromatic heterocycles. The van der Waals surface area contributed by atoms with Crippen molar-refractivity contribution >= 4 is 23.1 Å². The molecule has 0 spiro atoms. The van der Waals surface area contributed by atoms with Crippen LogP contribution in [-0.2, 0) is 4.79 Å². The van der Waals surface area contributed by atoms with E-state index in [0.29, 0.717) is 24.5 Å². The summed E-state index contributed by atoms with van der Waals surface area (Å²) in [7, 11) is 3.78. The Balaban J connectivity index is 1.76. The van der Waals surface area contributed by atoms with E-state index in [1.54, 1.807) is 12.3 Å². The Hall–Kier alpha value is -3.15. The molecule has 2 heterocycles. The predicted molar refractivity (Wildman–Crippen MR) is 97.6 cm³/mol. The van der Waals surface area contributed by atoms with Crippen LogP contribution in [0.2, 0.25) is 0 Å². The van der Waals surface area contributed by atoms with Crippen LogP contribution >= 0.6 is 0 Å². The van der Waals surface area contributed by atoms with Crippen LogP contribution in [0.15, 0.2) is 60.4 Å². The highest BCUT2D eigenvalue weighted by atomic mass is 16.2. The molecule has 128 valence electrons. The average Bonchev–Trinajstić information content (AvgIpc) is 2.96. The first-order chi connectivity index (χ1) is 12.0. The maximum atomic E-state index is 12.4. The van der Waals surface area contributed by atoms with Crippen molar-refractivity contribution in [3.05, 3.63) is 66.1 Å². The van der Waals surface area contributed by atoms with Gasteiger partial charge >= 0.3 is 0 Å². The molecule has 2 aromatic rings. The van der Waals surface area contributed by atoms with E-state index in [1.165, 1.54) is 0 Å². The number of nitrogens with zero attached hydrogens (tertiary/aromatic N) is 3. The summed E-state index contributed by atoms with van der Waals surface area (Å²) in [5, 5.41) is 2.81. The number of carbonyl (C=O) groups is 2. The lowest BCUT2D eigenvalue weighted by Crippen LogP contribution is -2.21. The number of carbonyl (C=O) groups excluding carboxylic acids is 2. The quantitative estimate of drug-likeness (QED) is 0.867. The van der Waals surface area contributed by atoms with Gasteiger partial charge in [-0.2, -0.15) is 0 Å². The van der Waals surface area contributed by atoms with Crippen LogP contribution < -0.4 is 10.2 Å². The molecule has 0 unspecified atom stereocenters. The van der Waals surface area contributed by atoms with Crippen molar-refractivity contribution in [3.63, 3.8) is 0 Å². The Morgan fingerprint density at radius 1 is 1.20 bits per heavy atom. The van der Waals surface area contributed by atoms with Gasteiger partial charge in [0.1, 0.15) is 5.69 Å². The van der Waals surface area contributed by atoms with Crippen LogP contribution in [0.1, 0.15) is 10.5 Å². The Labute approximate surface area is 146 Å². The van der Waals surface area contributed by atoms with Crippen LogP contribution in [0.4, 0.5) is 11.4 Å². The fourth-order valence-electron chi connectivity index (χ4n) is 2.69. The van der Waals surface area contributed by atoms with Crippen LogP contribution in [0.3, 0.4) is 0 Å². The minimum atomic E-state index is -0.275. The highest BCUT2D eigenvalue weighted by Crippen LogP contribution is 2.22. The first kappa shape index (κ1) is 16.7. The number of pyridine rings is 1. The van der Waals surface area contributed by atoms with Crippen molar-refractivity contribution in [2.75, 3.05) is 37.4 Å². The molecule has 25 heavy (non-hydrogen) atoms. The van der Waals surface area contributed by atoms with Gasteiger partial charge in [-0.3, -0.25) is 14.6 Å². The number of nitrogens with one attached hydrogen (secondary N) is 1. The third-order valence-corrected chi connectivity index (χ3v) is 3.84. The zero-order valence-electron chi connectivity index (χ0n) is 14.3. The van der Waals surface area contributed by atoms with Crippen LogP contribution in [-0.4, -0.2) is 48.8 Å². The molecule has 6 nitrogen and oxygen atoms in total. The smallest absolute Gasteiger partial charge is 0.274 e. The monoisotopic (exact) mass is 336 g/mol. The minimum Gasteiger partial charge on any atom is -0.383 e. The Bertz CT molecular complexity index is 815. The van der Waals surface area contributed by atoms with Crippen molar-refractivity contribution in [1.82, 2.24) is 9.88 Å². The first-order valence-electron chi connectivity index (χ1n) is 8.00. The first-order valence-corrected chi connectivity index (χ1v) is 8.00. The second-order valence-corrected chi connectivity index (χ2v) is 6.12. The molecule has 3 rings (SSSR count). The molecule has 1 aromatic carbocycles. The number of aromatic nitrogens is 1. The SMILES string of the molecule is CN(C)/C=C1/CN(c2ccnc(C(=O)Nc3ccccc3)c2)CC1=O. The van der Waals surface area contributed by atoms with Gasteiger partial charge in [-0.1, -0.05) is 18.2 Å². The van der Waals surface area contributed by atoms with Gasteiger partial charge in [0.25, 0.3) is 5.91 Å². The summed E-state index contributed by atoms with van der Waals surface area (Å²) in [4.78, 5) is 32.5. The molecule has 1 N–H and O–H groups in total. The maximum Gasteiger partial charge on any atom is 0.274 e. The molecule has 0 radical (unpaired) electrons. The number of para-hydroxylation sites is 1. The average molecular weight is 336 g/mol. The van der Waals surface area contributed by atoms with E-state index in [4.69, 9.17) is 0 Å². The molecule has 1 saturated heterocycles. The number of amides is 1. The van der Waals surface area contributed by atoms with Crippen molar-refractivity contribution in [2.45, 2.75) is 0 Å². The Kier molecular flexibility index (Phi) is 4.79. The predicted octanol–water partition coefficient (Wildman–Crippen LogP) is 2.17. The summed E-state index contributed by atoms with van der Waals surface area (Å²) in [6.07, 6.45) is 3.43. The molecule has 6 heteroatoms. The van der Waals surface area contributed by atoms with E-state index >= 15 is 0 Å².